The number of primary amides is 1. The zero-order chi connectivity index (χ0) is 84.2. The van der Waals surface area contributed by atoms with Gasteiger partial charge in [0.15, 0.2) is 24.3 Å². The summed E-state index contributed by atoms with van der Waals surface area (Å²) in [6, 6.07) is 4.42. The Hall–Kier alpha value is -10.9. The fourth-order valence-electron chi connectivity index (χ4n) is 14.6. The molecule has 6 aliphatic heterocycles. The fourth-order valence-corrected chi connectivity index (χ4v) is 18.7. The molecule has 3 fully saturated rings. The number of cyclic esters (lactones) is 2. The van der Waals surface area contributed by atoms with Gasteiger partial charge in [0, 0.05) is 88.8 Å². The molecule has 3 saturated heterocycles. The largest absolute Gasteiger partial charge is 0.506 e. The number of hydrogen-bond donors (Lipinski definition) is 14. The van der Waals surface area contributed by atoms with Crippen molar-refractivity contribution in [1.82, 2.24) is 76.4 Å². The number of Topliss-reactive ketones (excluding diaryl/α,β-unsaturated/α-hetero) is 1. The Morgan fingerprint density at radius 3 is 2.23 bits per heavy atom. The lowest BCUT2D eigenvalue weighted by Gasteiger charge is -2.43. The quantitative estimate of drug-likeness (QED) is 0.0364. The molecule has 119 heavy (non-hydrogen) atoms. The van der Waals surface area contributed by atoms with Crippen molar-refractivity contribution in [1.29, 1.82) is 0 Å². The van der Waals surface area contributed by atoms with E-state index in [0.717, 1.165) is 62.5 Å². The van der Waals surface area contributed by atoms with Gasteiger partial charge in [0.2, 0.25) is 17.6 Å². The molecule has 0 spiro atoms. The lowest BCUT2D eigenvalue weighted by molar-refractivity contribution is -0.267. The molecule has 40 nitrogen and oxygen atoms in total. The number of benzene rings is 1. The lowest BCUT2D eigenvalue weighted by Crippen LogP contribution is -2.59. The monoisotopic (exact) mass is 1730 g/mol. The van der Waals surface area contributed by atoms with Gasteiger partial charge in [0.1, 0.15) is 150 Å². The molecule has 1 aromatic carbocycles. The number of anilines is 1. The van der Waals surface area contributed by atoms with E-state index < -0.39 is 182 Å². The zero-order valence-electron chi connectivity index (χ0n) is 63.4. The third-order valence-electron chi connectivity index (χ3n) is 20.8. The minimum atomic E-state index is -2.25. The Bertz CT molecular complexity index is 5470. The highest BCUT2D eigenvalue weighted by Gasteiger charge is 2.57. The van der Waals surface area contributed by atoms with E-state index in [-0.39, 0.29) is 117 Å². The number of nitrogens with zero attached hydrogens (tertiary/aromatic N) is 10. The van der Waals surface area contributed by atoms with Gasteiger partial charge in [-0.1, -0.05) is 18.2 Å². The molecule has 6 aliphatic rings. The molecule has 626 valence electrons. The minimum Gasteiger partial charge on any atom is -0.506 e. The number of esters is 2. The average molecular weight is 1730 g/mol. The number of thiazole rings is 5. The molecule has 45 heteroatoms. The molecule has 15 unspecified atom stereocenters. The summed E-state index contributed by atoms with van der Waals surface area (Å²) in [7, 11) is 1.28. The first-order valence-electron chi connectivity index (χ1n) is 37.0. The number of allylic oxidation sites excluding steroid dienone is 1. The smallest absolute Gasteiger partial charge is 0.358 e. The molecule has 0 saturated carbocycles. The maximum atomic E-state index is 15.4. The number of carbonyl (C=O) groups is 9. The van der Waals surface area contributed by atoms with Crippen LogP contribution in [0.1, 0.15) is 125 Å². The molecule has 15 atom stereocenters. The Kier molecular flexibility index (Phi) is 24.1. The van der Waals surface area contributed by atoms with Crippen LogP contribution in [0.3, 0.4) is 0 Å². The molecular weight excluding hydrogens is 1660 g/mol. The first kappa shape index (κ1) is 83.2. The Balaban J connectivity index is 0.825. The molecule has 6 amide bonds. The van der Waals surface area contributed by atoms with Crippen molar-refractivity contribution in [2.75, 3.05) is 57.9 Å². The van der Waals surface area contributed by atoms with Crippen molar-refractivity contribution in [3.05, 3.63) is 136 Å². The SMILES string of the molecule is CO/C(C)=C1/NC(=O)C(C(C)O)NC(=O)c2csc(n2)-c2cc(O)c(-c3nc(C(=O)NC(CN4CCN(c5ccccn5)CC4)C(N)=O)cs3)nc2-c2csc(n2)C2COC(=O)c3c4c5c(cccc5n3O)COC(=O)C(OC3CC5(C)OC(C(=O)C(O)C(O)C(O)CO)NC5C(C)O3)C(OC4)C(NC(=O)c3csc1n3)c1nc(cs1)C(=O)N2. The number of aromatic nitrogens is 8. The number of nitrogens with two attached hydrogens (primary N) is 1. The first-order chi connectivity index (χ1) is 57.0. The van der Waals surface area contributed by atoms with Crippen LogP contribution in [0.5, 0.6) is 5.75 Å². The van der Waals surface area contributed by atoms with Crippen molar-refractivity contribution in [2.24, 2.45) is 5.73 Å². The van der Waals surface area contributed by atoms with E-state index >= 15 is 19.2 Å². The number of rotatable bonds is 16. The molecule has 0 radical (unpaired) electrons. The van der Waals surface area contributed by atoms with Gasteiger partial charge in [-0.15, -0.1) is 56.7 Å². The molecule has 8 aromatic heterocycles. The predicted octanol–water partition coefficient (Wildman–Crippen LogP) is 1.000. The second kappa shape index (κ2) is 34.5. The van der Waals surface area contributed by atoms with Crippen LogP contribution in [0.15, 0.2) is 81.3 Å². The highest BCUT2D eigenvalue weighted by Crippen LogP contribution is 2.44. The third kappa shape index (κ3) is 16.8. The number of methoxy groups -OCH3 is 1. The van der Waals surface area contributed by atoms with E-state index in [0.29, 0.717) is 30.9 Å². The van der Waals surface area contributed by atoms with Crippen LogP contribution >= 0.6 is 56.7 Å². The van der Waals surface area contributed by atoms with Crippen LogP contribution < -0.4 is 42.5 Å². The molecule has 0 aliphatic carbocycles. The van der Waals surface area contributed by atoms with Crippen molar-refractivity contribution in [3.8, 4) is 38.4 Å². The van der Waals surface area contributed by atoms with Crippen molar-refractivity contribution in [3.63, 3.8) is 0 Å². The second-order valence-electron chi connectivity index (χ2n) is 28.7. The van der Waals surface area contributed by atoms with Gasteiger partial charge < -0.3 is 106 Å². The van der Waals surface area contributed by atoms with Crippen LogP contribution in [0.25, 0.3) is 49.3 Å². The van der Waals surface area contributed by atoms with Crippen LogP contribution in [0, 0.1) is 0 Å². The number of aromatic hydroxyl groups is 1. The number of pyridine rings is 2. The van der Waals surface area contributed by atoms with Crippen LogP contribution in [-0.4, -0.2) is 266 Å². The minimum absolute atomic E-state index is 0.00309. The summed E-state index contributed by atoms with van der Waals surface area (Å²) in [4.78, 5) is 168. The lowest BCUT2D eigenvalue weighted by atomic mass is 9.87. The molecule has 15 rings (SSSR count). The summed E-state index contributed by atoms with van der Waals surface area (Å²) in [5, 5.41) is 100. The zero-order valence-corrected chi connectivity index (χ0v) is 67.5. The number of aliphatic hydroxyl groups excluding tert-OH is 5. The maximum absolute atomic E-state index is 15.4. The van der Waals surface area contributed by atoms with Gasteiger partial charge >= 0.3 is 11.9 Å². The third-order valence-corrected chi connectivity index (χ3v) is 25.3. The first-order valence-corrected chi connectivity index (χ1v) is 41.4. The number of nitrogens with one attached hydrogen (secondary N) is 6. The van der Waals surface area contributed by atoms with Gasteiger partial charge in [-0.05, 0) is 57.5 Å². The van der Waals surface area contributed by atoms with E-state index in [4.69, 9.17) is 53.8 Å². The second-order valence-corrected chi connectivity index (χ2v) is 33.1. The molecule has 14 heterocycles. The normalized spacial score (nSPS) is 25.0. The van der Waals surface area contributed by atoms with E-state index in [9.17, 15) is 59.8 Å². The van der Waals surface area contributed by atoms with Gasteiger partial charge in [-0.25, -0.2) is 44.5 Å². The topological polar surface area (TPSA) is 560 Å². The number of hydrogen-bond acceptors (Lipinski definition) is 38. The van der Waals surface area contributed by atoms with E-state index in [1.54, 1.807) is 26.1 Å². The predicted molar refractivity (Wildman–Crippen MR) is 420 cm³/mol. The Morgan fingerprint density at radius 1 is 0.798 bits per heavy atom. The van der Waals surface area contributed by atoms with Crippen molar-refractivity contribution >= 4 is 132 Å². The summed E-state index contributed by atoms with van der Waals surface area (Å²) < 4.78 is 44.8. The molecule has 9 aromatic rings. The Morgan fingerprint density at radius 2 is 1.50 bits per heavy atom. The highest BCUT2D eigenvalue weighted by atomic mass is 32.1. The number of fused-ring (bicyclic) bond motifs is 16. The maximum Gasteiger partial charge on any atom is 0.358 e. The van der Waals surface area contributed by atoms with Crippen molar-refractivity contribution in [2.45, 2.75) is 138 Å². The number of carbonyl (C=O) groups excluding carboxylic acids is 9. The van der Waals surface area contributed by atoms with Crippen LogP contribution in [-0.2, 0) is 65.5 Å². The summed E-state index contributed by atoms with van der Waals surface area (Å²) in [6.45, 7) is 5.10. The summed E-state index contributed by atoms with van der Waals surface area (Å²) in [5.74, 6) is -8.72. The number of ether oxygens (including phenoxy) is 7. The number of ketones is 1. The van der Waals surface area contributed by atoms with E-state index in [1.807, 2.05) is 23.1 Å². The van der Waals surface area contributed by atoms with E-state index in [1.165, 1.54) is 66.1 Å². The van der Waals surface area contributed by atoms with Gasteiger partial charge in [0.05, 0.1) is 49.7 Å². The summed E-state index contributed by atoms with van der Waals surface area (Å²) in [5.41, 5.74) is 2.52. The highest BCUT2D eigenvalue weighted by molar-refractivity contribution is 7.14. The summed E-state index contributed by atoms with van der Waals surface area (Å²) in [6.07, 6.45) is -14.7. The van der Waals surface area contributed by atoms with Gasteiger partial charge in [-0.2, -0.15) is 4.73 Å². The Labute approximate surface area is 693 Å². The van der Waals surface area contributed by atoms with Gasteiger partial charge in [-0.3, -0.25) is 43.8 Å². The average Bonchev–Trinajstić information content (AvgIpc) is 1.61. The van der Waals surface area contributed by atoms with Crippen LogP contribution in [0.4, 0.5) is 5.82 Å². The standard InChI is InChI=1S/C74H77N17O23S5/c1-29(93)48-65(104)86-49(30(2)108-5)69-81-41(28-117-69)64(103)87-52-57-58(113-46-18-74(4)59(31(3)112-46)88-66(114-74)56(98)55(97)54(96)44(95)20-92)73(106)110-21-32-9-8-10-42-47(32)34(22-109-57)53(91(42)107)72(105)111-23-36(78-62(101)39-27-119-71(52)83-39)68-79-37(24-116-68)50-33(67-80-40(25-115-67)63(102)85-48)17-43(94)51(84-50)70-82-38(26-118-70)61(100)77-35(60(75)99)19-89-13-15-90(16-14-89)45-11-6-7-12-76-45/h6-12,17,24-29,31,35-36,44,46,48,52,54-55,57-59,66,88,92-97,107H,13-16,18-23H2,1-5H3,(H2,75,99)(H,77,100)(H,78,101)(H,85,102)(H,86,104)(H,87,103)/b49-30+. The number of piperazine rings is 1. The molecular formula is C74H77N17O23S5. The van der Waals surface area contributed by atoms with E-state index in [2.05, 4.69) is 56.7 Å². The summed E-state index contributed by atoms with van der Waals surface area (Å²) >= 11 is 4.34. The van der Waals surface area contributed by atoms with Gasteiger partial charge in [0.25, 0.3) is 23.6 Å². The number of amides is 6. The number of aliphatic hydroxyl groups is 5. The van der Waals surface area contributed by atoms with Crippen molar-refractivity contribution < 1.29 is 112 Å². The molecule has 12 bridgehead atoms. The van der Waals surface area contributed by atoms with Crippen LogP contribution in [0.2, 0.25) is 0 Å². The molecule has 15 N–H and O–H groups in total. The fraction of sp³-hybridized carbons (Fsp3) is 0.405.